The van der Waals surface area contributed by atoms with Crippen molar-refractivity contribution in [1.82, 2.24) is 9.78 Å². The monoisotopic (exact) mass is 190 g/mol. The van der Waals surface area contributed by atoms with Gasteiger partial charge in [0.15, 0.2) is 0 Å². The molecule has 0 aliphatic heterocycles. The molecule has 0 saturated heterocycles. The van der Waals surface area contributed by atoms with Crippen LogP contribution < -0.4 is 11.0 Å². The first-order valence-corrected chi connectivity index (χ1v) is 4.30. The molecule has 72 valence electrons. The zero-order chi connectivity index (χ0) is 10.3. The normalized spacial score (nSPS) is 10.7. The summed E-state index contributed by atoms with van der Waals surface area (Å²) >= 11 is 0. The van der Waals surface area contributed by atoms with Crippen molar-refractivity contribution in [2.24, 2.45) is 7.05 Å². The lowest BCUT2D eigenvalue weighted by atomic mass is 10.1. The van der Waals surface area contributed by atoms with Crippen LogP contribution in [0, 0.1) is 6.92 Å². The predicted molar refractivity (Wildman–Crippen MR) is 54.5 cm³/mol. The average molecular weight is 190 g/mol. The van der Waals surface area contributed by atoms with Gasteiger partial charge >= 0.3 is 5.56 Å². The minimum Gasteiger partial charge on any atom is -0.288 e. The highest BCUT2D eigenvalue weighted by atomic mass is 16.2. The van der Waals surface area contributed by atoms with E-state index in [-0.39, 0.29) is 0 Å². The van der Waals surface area contributed by atoms with Gasteiger partial charge in [0.25, 0.3) is 5.43 Å². The third kappa shape index (κ3) is 1.08. The van der Waals surface area contributed by atoms with E-state index in [1.54, 1.807) is 17.8 Å². The molecule has 0 amide bonds. The van der Waals surface area contributed by atoms with Crippen LogP contribution in [0.1, 0.15) is 5.56 Å². The first kappa shape index (κ1) is 8.74. The van der Waals surface area contributed by atoms with E-state index < -0.39 is 11.0 Å². The Morgan fingerprint density at radius 1 is 1.29 bits per heavy atom. The van der Waals surface area contributed by atoms with E-state index >= 15 is 0 Å². The van der Waals surface area contributed by atoms with Crippen LogP contribution in [0.5, 0.6) is 0 Å². The number of hydrogen-bond acceptors (Lipinski definition) is 2. The highest BCUT2D eigenvalue weighted by Crippen LogP contribution is 2.10. The number of nitrogens with one attached hydrogen (secondary N) is 1. The van der Waals surface area contributed by atoms with E-state index in [1.807, 2.05) is 19.1 Å². The largest absolute Gasteiger partial charge is 0.310 e. The number of aryl methyl sites for hydroxylation is 2. The Morgan fingerprint density at radius 2 is 2.00 bits per heavy atom. The lowest BCUT2D eigenvalue weighted by Gasteiger charge is -2.05. The molecule has 0 unspecified atom stereocenters. The number of rotatable bonds is 0. The molecular formula is C10H10N2O2. The van der Waals surface area contributed by atoms with E-state index in [0.717, 1.165) is 11.1 Å². The maximum absolute atomic E-state index is 11.5. The molecule has 4 nitrogen and oxygen atoms in total. The fraction of sp³-hybridized carbons (Fsp3) is 0.200. The van der Waals surface area contributed by atoms with Crippen LogP contribution in [0.3, 0.4) is 0 Å². The minimum atomic E-state index is -0.575. The molecule has 1 aromatic carbocycles. The van der Waals surface area contributed by atoms with Gasteiger partial charge in [-0.1, -0.05) is 12.1 Å². The number of H-pyrrole nitrogens is 1. The van der Waals surface area contributed by atoms with E-state index in [2.05, 4.69) is 5.10 Å². The Kier molecular flexibility index (Phi) is 1.77. The van der Waals surface area contributed by atoms with Crippen molar-refractivity contribution >= 4 is 10.9 Å². The van der Waals surface area contributed by atoms with Crippen molar-refractivity contribution in [3.8, 4) is 0 Å². The molecule has 2 aromatic rings. The second-order valence-corrected chi connectivity index (χ2v) is 3.30. The van der Waals surface area contributed by atoms with Gasteiger partial charge in [-0.3, -0.25) is 19.4 Å². The van der Waals surface area contributed by atoms with Gasteiger partial charge in [-0.05, 0) is 18.6 Å². The van der Waals surface area contributed by atoms with Crippen LogP contribution >= 0.6 is 0 Å². The first-order chi connectivity index (χ1) is 6.61. The first-order valence-electron chi connectivity index (χ1n) is 4.30. The Bertz CT molecular complexity index is 608. The number of benzene rings is 1. The van der Waals surface area contributed by atoms with Crippen LogP contribution in [0.15, 0.2) is 27.8 Å². The molecule has 1 N–H and O–H groups in total. The van der Waals surface area contributed by atoms with Crippen LogP contribution in [0.4, 0.5) is 0 Å². The standard InChI is InChI=1S/C10H10N2O2/c1-6-4-3-5-7-8(6)9(13)10(14)11-12(7)2/h3-5H,1-2H3,(H,11,14). The van der Waals surface area contributed by atoms with Gasteiger partial charge in [-0.25, -0.2) is 0 Å². The number of aromatic amines is 1. The van der Waals surface area contributed by atoms with E-state index in [4.69, 9.17) is 0 Å². The van der Waals surface area contributed by atoms with Crippen molar-refractivity contribution < 1.29 is 0 Å². The molecule has 0 atom stereocenters. The lowest BCUT2D eigenvalue weighted by Crippen LogP contribution is -2.31. The summed E-state index contributed by atoms with van der Waals surface area (Å²) in [5, 5.41) is 2.96. The van der Waals surface area contributed by atoms with Gasteiger partial charge in [0, 0.05) is 7.05 Å². The summed E-state index contributed by atoms with van der Waals surface area (Å²) in [7, 11) is 1.71. The van der Waals surface area contributed by atoms with Crippen LogP contribution in [0.25, 0.3) is 10.9 Å². The van der Waals surface area contributed by atoms with E-state index in [1.165, 1.54) is 0 Å². The predicted octanol–water partition coefficient (Wildman–Crippen LogP) is 0.535. The zero-order valence-electron chi connectivity index (χ0n) is 8.00. The van der Waals surface area contributed by atoms with E-state index in [0.29, 0.717) is 5.39 Å². The minimum absolute atomic E-state index is 0.462. The topological polar surface area (TPSA) is 54.9 Å². The summed E-state index contributed by atoms with van der Waals surface area (Å²) in [6, 6.07) is 5.48. The third-order valence-corrected chi connectivity index (χ3v) is 2.31. The summed E-state index contributed by atoms with van der Waals surface area (Å²) in [6.45, 7) is 1.82. The highest BCUT2D eigenvalue weighted by molar-refractivity contribution is 5.81. The molecule has 0 fully saturated rings. The molecule has 0 radical (unpaired) electrons. The fourth-order valence-electron chi connectivity index (χ4n) is 1.60. The molecule has 1 heterocycles. The maximum Gasteiger partial charge on any atom is 0.310 e. The lowest BCUT2D eigenvalue weighted by molar-refractivity contribution is 0.753. The van der Waals surface area contributed by atoms with Gasteiger partial charge in [-0.15, -0.1) is 0 Å². The summed E-state index contributed by atoms with van der Waals surface area (Å²) in [5.74, 6) is 0. The average Bonchev–Trinajstić information content (AvgIpc) is 2.14. The van der Waals surface area contributed by atoms with Crippen LogP contribution in [0.2, 0.25) is 0 Å². The molecular weight excluding hydrogens is 180 g/mol. The SMILES string of the molecule is Cc1cccc2c1c(=O)c(=O)[nH]n2C. The Balaban J connectivity index is 3.19. The number of nitrogens with zero attached hydrogens (tertiary/aromatic N) is 1. The number of hydrogen-bond donors (Lipinski definition) is 1. The highest BCUT2D eigenvalue weighted by Gasteiger charge is 2.06. The molecule has 14 heavy (non-hydrogen) atoms. The molecule has 4 heteroatoms. The number of fused-ring (bicyclic) bond motifs is 1. The van der Waals surface area contributed by atoms with Crippen molar-refractivity contribution in [3.05, 3.63) is 44.3 Å². The van der Waals surface area contributed by atoms with E-state index in [9.17, 15) is 9.59 Å². The maximum atomic E-state index is 11.5. The zero-order valence-corrected chi connectivity index (χ0v) is 8.00. The fourth-order valence-corrected chi connectivity index (χ4v) is 1.60. The van der Waals surface area contributed by atoms with Crippen molar-refractivity contribution in [2.45, 2.75) is 6.92 Å². The quantitative estimate of drug-likeness (QED) is 0.616. The third-order valence-electron chi connectivity index (χ3n) is 2.31. The van der Waals surface area contributed by atoms with Gasteiger partial charge in [0.2, 0.25) is 0 Å². The Morgan fingerprint density at radius 3 is 2.71 bits per heavy atom. The van der Waals surface area contributed by atoms with Crippen LogP contribution in [-0.4, -0.2) is 9.78 Å². The molecule has 1 aromatic heterocycles. The molecule has 0 aliphatic carbocycles. The van der Waals surface area contributed by atoms with Crippen LogP contribution in [-0.2, 0) is 7.05 Å². The summed E-state index contributed by atoms with van der Waals surface area (Å²) in [5.41, 5.74) is 0.536. The number of aromatic nitrogens is 2. The van der Waals surface area contributed by atoms with Gasteiger partial charge < -0.3 is 0 Å². The van der Waals surface area contributed by atoms with Gasteiger partial charge in [0.05, 0.1) is 10.9 Å². The molecule has 0 saturated carbocycles. The summed E-state index contributed by atoms with van der Waals surface area (Å²) < 4.78 is 1.56. The summed E-state index contributed by atoms with van der Waals surface area (Å²) in [6.07, 6.45) is 0. The van der Waals surface area contributed by atoms with Crippen molar-refractivity contribution in [1.29, 1.82) is 0 Å². The Hall–Kier alpha value is -1.84. The second-order valence-electron chi connectivity index (χ2n) is 3.30. The van der Waals surface area contributed by atoms with Gasteiger partial charge in [-0.2, -0.15) is 0 Å². The Labute approximate surface area is 79.8 Å². The molecule has 2 rings (SSSR count). The smallest absolute Gasteiger partial charge is 0.288 e. The molecule has 0 bridgehead atoms. The molecule has 0 aliphatic rings. The van der Waals surface area contributed by atoms with Gasteiger partial charge in [0.1, 0.15) is 0 Å². The van der Waals surface area contributed by atoms with Crippen molar-refractivity contribution in [3.63, 3.8) is 0 Å². The summed E-state index contributed by atoms with van der Waals surface area (Å²) in [4.78, 5) is 22.8. The van der Waals surface area contributed by atoms with Crippen molar-refractivity contribution in [2.75, 3.05) is 0 Å². The molecule has 0 spiro atoms. The second kappa shape index (κ2) is 2.83.